The lowest BCUT2D eigenvalue weighted by atomic mass is 9.72. The third kappa shape index (κ3) is 4.03. The van der Waals surface area contributed by atoms with Crippen LogP contribution >= 0.6 is 0 Å². The molecule has 31 heavy (non-hydrogen) atoms. The van der Waals surface area contributed by atoms with Crippen LogP contribution in [0, 0.1) is 0 Å². The van der Waals surface area contributed by atoms with E-state index in [0.29, 0.717) is 12.1 Å². The van der Waals surface area contributed by atoms with E-state index in [2.05, 4.69) is 0 Å². The summed E-state index contributed by atoms with van der Waals surface area (Å²) in [7, 11) is 0. The van der Waals surface area contributed by atoms with Gasteiger partial charge in [0.15, 0.2) is 0 Å². The Kier molecular flexibility index (Phi) is 5.78. The number of alkyl halides is 9. The fourth-order valence-electron chi connectivity index (χ4n) is 3.04. The van der Waals surface area contributed by atoms with Crippen molar-refractivity contribution in [2.45, 2.75) is 23.9 Å². The Morgan fingerprint density at radius 3 is 1.45 bits per heavy atom. The first-order valence-electron chi connectivity index (χ1n) is 7.87. The molecule has 0 radical (unpaired) electrons. The highest BCUT2D eigenvalue weighted by Gasteiger charge is 2.72. The van der Waals surface area contributed by atoms with Crippen LogP contribution in [0.15, 0.2) is 42.5 Å². The summed E-state index contributed by atoms with van der Waals surface area (Å²) in [6.07, 6.45) is -18.1. The van der Waals surface area contributed by atoms with Crippen molar-refractivity contribution in [3.63, 3.8) is 0 Å². The lowest BCUT2D eigenvalue weighted by molar-refractivity contribution is -0.288. The molecular weight excluding hydrogens is 451 g/mol. The molecule has 0 heterocycles. The average molecular weight is 460 g/mol. The van der Waals surface area contributed by atoms with Crippen LogP contribution in [0.2, 0.25) is 0 Å². The van der Waals surface area contributed by atoms with Crippen LogP contribution in [0.25, 0.3) is 0 Å². The molecule has 0 unspecified atom stereocenters. The van der Waals surface area contributed by atoms with E-state index >= 15 is 0 Å². The summed E-state index contributed by atoms with van der Waals surface area (Å²) < 4.78 is 123. The smallest absolute Gasteiger partial charge is 0.417 e. The molecule has 13 heteroatoms. The molecule has 0 fully saturated rings. The van der Waals surface area contributed by atoms with Gasteiger partial charge in [-0.3, -0.25) is 0 Å². The maximum Gasteiger partial charge on any atom is 0.417 e. The van der Waals surface area contributed by atoms with E-state index < -0.39 is 69.8 Å². The van der Waals surface area contributed by atoms with Gasteiger partial charge in [0.2, 0.25) is 5.41 Å². The van der Waals surface area contributed by atoms with Gasteiger partial charge in [-0.25, -0.2) is 9.59 Å². The van der Waals surface area contributed by atoms with E-state index in [9.17, 15) is 49.1 Å². The lowest BCUT2D eigenvalue weighted by Crippen LogP contribution is -2.55. The Balaban J connectivity index is 2.99. The number of benzene rings is 2. The molecule has 2 N–H and O–H groups in total. The minimum absolute atomic E-state index is 0.00165. The fourth-order valence-corrected chi connectivity index (χ4v) is 3.04. The van der Waals surface area contributed by atoms with E-state index in [4.69, 9.17) is 10.2 Å². The Labute approximate surface area is 166 Å². The van der Waals surface area contributed by atoms with Crippen molar-refractivity contribution in [3.8, 4) is 0 Å². The summed E-state index contributed by atoms with van der Waals surface area (Å²) in [5, 5.41) is 17.6. The normalized spacial score (nSPS) is 13.2. The number of hydrogen-bond acceptors (Lipinski definition) is 2. The average Bonchev–Trinajstić information content (AvgIpc) is 2.59. The van der Waals surface area contributed by atoms with Gasteiger partial charge in [-0.1, -0.05) is 18.2 Å². The zero-order valence-corrected chi connectivity index (χ0v) is 14.7. The molecular formula is C18H9F9O4. The first-order valence-corrected chi connectivity index (χ1v) is 7.87. The number of carbonyl (C=O) groups is 2. The Hall–Kier alpha value is -3.25. The van der Waals surface area contributed by atoms with E-state index in [1.807, 2.05) is 0 Å². The van der Waals surface area contributed by atoms with Gasteiger partial charge in [-0.15, -0.1) is 0 Å². The number of rotatable bonds is 4. The van der Waals surface area contributed by atoms with Gasteiger partial charge in [0.1, 0.15) is 0 Å². The van der Waals surface area contributed by atoms with Gasteiger partial charge in [0, 0.05) is 0 Å². The number of carboxylic acid groups (broad SMARTS) is 2. The summed E-state index contributed by atoms with van der Waals surface area (Å²) in [5.74, 6) is -3.88. The van der Waals surface area contributed by atoms with E-state index in [-0.39, 0.29) is 24.3 Å². The van der Waals surface area contributed by atoms with E-state index in [0.717, 1.165) is 0 Å². The quantitative estimate of drug-likeness (QED) is 0.590. The Bertz CT molecular complexity index is 989. The lowest BCUT2D eigenvalue weighted by Gasteiger charge is -2.38. The Morgan fingerprint density at radius 1 is 0.645 bits per heavy atom. The molecule has 168 valence electrons. The van der Waals surface area contributed by atoms with Crippen LogP contribution in [0.4, 0.5) is 39.5 Å². The van der Waals surface area contributed by atoms with Crippen LogP contribution in [0.5, 0.6) is 0 Å². The summed E-state index contributed by atoms with van der Waals surface area (Å²) in [4.78, 5) is 21.9. The first kappa shape index (κ1) is 24.0. The van der Waals surface area contributed by atoms with Gasteiger partial charge in [-0.05, 0) is 35.4 Å². The number of halogens is 9. The predicted octanol–water partition coefficient (Wildman–Crippen LogP) is 5.51. The molecule has 0 aromatic heterocycles. The molecule has 0 aliphatic carbocycles. The molecule has 0 saturated heterocycles. The van der Waals surface area contributed by atoms with Crippen LogP contribution in [0.3, 0.4) is 0 Å². The number of carboxylic acids is 2. The third-order valence-corrected chi connectivity index (χ3v) is 4.40. The fraction of sp³-hybridized carbons (Fsp3) is 0.222. The summed E-state index contributed by atoms with van der Waals surface area (Å²) in [6.45, 7) is 0. The maximum absolute atomic E-state index is 14.0. The zero-order chi connectivity index (χ0) is 24.0. The van der Waals surface area contributed by atoms with Crippen LogP contribution in [-0.2, 0) is 11.6 Å². The summed E-state index contributed by atoms with van der Waals surface area (Å²) >= 11 is 0. The molecule has 2 aromatic carbocycles. The highest BCUT2D eigenvalue weighted by molar-refractivity contribution is 5.90. The van der Waals surface area contributed by atoms with Gasteiger partial charge < -0.3 is 10.2 Å². The van der Waals surface area contributed by atoms with Crippen molar-refractivity contribution in [1.29, 1.82) is 0 Å². The zero-order valence-electron chi connectivity index (χ0n) is 14.7. The third-order valence-electron chi connectivity index (χ3n) is 4.40. The largest absolute Gasteiger partial charge is 0.478 e. The van der Waals surface area contributed by atoms with E-state index in [1.165, 1.54) is 0 Å². The van der Waals surface area contributed by atoms with E-state index in [1.54, 1.807) is 0 Å². The molecule has 2 rings (SSSR count). The molecule has 0 atom stereocenters. The monoisotopic (exact) mass is 460 g/mol. The van der Waals surface area contributed by atoms with Crippen molar-refractivity contribution in [2.24, 2.45) is 0 Å². The van der Waals surface area contributed by atoms with Crippen molar-refractivity contribution in [3.05, 3.63) is 70.3 Å². The topological polar surface area (TPSA) is 74.6 Å². The summed E-state index contributed by atoms with van der Waals surface area (Å²) in [5.41, 5.74) is -13.0. The molecule has 0 spiro atoms. The van der Waals surface area contributed by atoms with Gasteiger partial charge >= 0.3 is 30.5 Å². The molecule has 0 aliphatic rings. The highest BCUT2D eigenvalue weighted by atomic mass is 19.4. The molecule has 0 aliphatic heterocycles. The molecule has 2 aromatic rings. The minimum atomic E-state index is -6.25. The van der Waals surface area contributed by atoms with Crippen LogP contribution < -0.4 is 0 Å². The second-order valence-electron chi connectivity index (χ2n) is 6.19. The van der Waals surface area contributed by atoms with Gasteiger partial charge in [0.05, 0.1) is 16.7 Å². The van der Waals surface area contributed by atoms with Gasteiger partial charge in [0.25, 0.3) is 0 Å². The molecule has 0 amide bonds. The van der Waals surface area contributed by atoms with Crippen molar-refractivity contribution in [2.75, 3.05) is 0 Å². The first-order chi connectivity index (χ1) is 13.9. The van der Waals surface area contributed by atoms with Crippen LogP contribution in [-0.4, -0.2) is 34.5 Å². The van der Waals surface area contributed by atoms with Crippen molar-refractivity contribution >= 4 is 11.9 Å². The maximum atomic E-state index is 14.0. The van der Waals surface area contributed by atoms with Gasteiger partial charge in [-0.2, -0.15) is 39.5 Å². The van der Waals surface area contributed by atoms with Crippen LogP contribution in [0.1, 0.15) is 37.4 Å². The predicted molar refractivity (Wildman–Crippen MR) is 84.7 cm³/mol. The van der Waals surface area contributed by atoms with Crippen molar-refractivity contribution in [1.82, 2.24) is 0 Å². The summed E-state index contributed by atoms with van der Waals surface area (Å²) in [6, 6.07) is 0.699. The number of aromatic carboxylic acids is 2. The second-order valence-corrected chi connectivity index (χ2v) is 6.19. The molecule has 0 bridgehead atoms. The Morgan fingerprint density at radius 2 is 1.10 bits per heavy atom. The van der Waals surface area contributed by atoms with Crippen molar-refractivity contribution < 1.29 is 59.3 Å². The standard InChI is InChI=1S/C18H9F9O4/c19-16(20,21)12-7-10(5-6-11(12)14(30)31)15(17(22,23)24,18(25,26)27)9-3-1-8(2-4-9)13(28)29/h1-7H,(H,28,29)(H,30,31). The SMILES string of the molecule is O=C(O)c1ccc(C(c2ccc(C(=O)O)c(C(F)(F)F)c2)(C(F)(F)F)C(F)(F)F)cc1. The minimum Gasteiger partial charge on any atom is -0.478 e. The highest BCUT2D eigenvalue weighted by Crippen LogP contribution is 2.56. The number of hydrogen-bond donors (Lipinski definition) is 2. The molecule has 4 nitrogen and oxygen atoms in total. The second kappa shape index (κ2) is 7.46. The molecule has 0 saturated carbocycles.